The second kappa shape index (κ2) is 4.58. The zero-order valence-corrected chi connectivity index (χ0v) is 10.7. The third-order valence-corrected chi connectivity index (χ3v) is 4.09. The maximum absolute atomic E-state index is 6.33. The van der Waals surface area contributed by atoms with E-state index in [0.29, 0.717) is 0 Å². The molecule has 1 aliphatic carbocycles. The van der Waals surface area contributed by atoms with Crippen LogP contribution in [0.5, 0.6) is 0 Å². The van der Waals surface area contributed by atoms with Crippen LogP contribution < -0.4 is 5.73 Å². The fourth-order valence-corrected chi connectivity index (χ4v) is 2.60. The molecule has 0 aromatic heterocycles. The van der Waals surface area contributed by atoms with Crippen LogP contribution in [-0.2, 0) is 0 Å². The first kappa shape index (κ1) is 11.7. The van der Waals surface area contributed by atoms with Crippen LogP contribution in [0.4, 0.5) is 0 Å². The first-order chi connectivity index (χ1) is 7.58. The molecule has 0 amide bonds. The Morgan fingerprint density at radius 1 is 1.12 bits per heavy atom. The lowest BCUT2D eigenvalue weighted by molar-refractivity contribution is 0.277. The smallest absolute Gasteiger partial charge is 0.0300 e. The van der Waals surface area contributed by atoms with Crippen molar-refractivity contribution in [2.24, 2.45) is 11.7 Å². The molecule has 1 nitrogen and oxygen atoms in total. The minimum Gasteiger partial charge on any atom is -0.324 e. The van der Waals surface area contributed by atoms with Crippen molar-refractivity contribution in [3.63, 3.8) is 0 Å². The van der Waals surface area contributed by atoms with Crippen molar-refractivity contribution in [1.82, 2.24) is 0 Å². The van der Waals surface area contributed by atoms with Gasteiger partial charge in [0.1, 0.15) is 0 Å². The van der Waals surface area contributed by atoms with Crippen molar-refractivity contribution in [2.45, 2.75) is 52.5 Å². The Bertz CT molecular complexity index is 377. The highest BCUT2D eigenvalue weighted by Crippen LogP contribution is 2.34. The zero-order chi connectivity index (χ0) is 11.7. The minimum atomic E-state index is 0.240. The summed E-state index contributed by atoms with van der Waals surface area (Å²) in [6.07, 6.45) is 5.35. The fourth-order valence-electron chi connectivity index (χ4n) is 2.60. The minimum absolute atomic E-state index is 0.240. The first-order valence-corrected chi connectivity index (χ1v) is 6.41. The van der Waals surface area contributed by atoms with E-state index >= 15 is 0 Å². The highest BCUT2D eigenvalue weighted by molar-refractivity contribution is 5.38. The van der Waals surface area contributed by atoms with Gasteiger partial charge in [0.2, 0.25) is 0 Å². The van der Waals surface area contributed by atoms with Gasteiger partial charge in [0.15, 0.2) is 0 Å². The Morgan fingerprint density at radius 2 is 1.75 bits per heavy atom. The van der Waals surface area contributed by atoms with Gasteiger partial charge < -0.3 is 5.73 Å². The fraction of sp³-hybridized carbons (Fsp3) is 0.600. The highest BCUT2D eigenvalue weighted by atomic mass is 14.6. The van der Waals surface area contributed by atoms with Gasteiger partial charge in [-0.2, -0.15) is 0 Å². The molecule has 0 bridgehead atoms. The summed E-state index contributed by atoms with van der Waals surface area (Å²) in [5, 5.41) is 0. The van der Waals surface area contributed by atoms with Crippen molar-refractivity contribution in [1.29, 1.82) is 0 Å². The summed E-state index contributed by atoms with van der Waals surface area (Å²) >= 11 is 0. The van der Waals surface area contributed by atoms with Gasteiger partial charge in [-0.15, -0.1) is 0 Å². The normalized spacial score (nSPS) is 18.2. The lowest BCUT2D eigenvalue weighted by Crippen LogP contribution is -2.20. The van der Waals surface area contributed by atoms with Crippen molar-refractivity contribution in [2.75, 3.05) is 0 Å². The van der Waals surface area contributed by atoms with Gasteiger partial charge in [-0.3, -0.25) is 0 Å². The van der Waals surface area contributed by atoms with Gasteiger partial charge in [-0.25, -0.2) is 0 Å². The van der Waals surface area contributed by atoms with Crippen LogP contribution in [0, 0.1) is 26.7 Å². The Hall–Kier alpha value is -0.820. The summed E-state index contributed by atoms with van der Waals surface area (Å²) in [7, 11) is 0. The Balaban J connectivity index is 2.14. The molecule has 88 valence electrons. The molecule has 1 unspecified atom stereocenters. The molecule has 2 N–H and O–H groups in total. The van der Waals surface area contributed by atoms with Crippen LogP contribution in [0.15, 0.2) is 12.1 Å². The molecule has 1 saturated carbocycles. The largest absolute Gasteiger partial charge is 0.324 e. The maximum atomic E-state index is 6.33. The van der Waals surface area contributed by atoms with Crippen LogP contribution in [0.1, 0.15) is 54.0 Å². The quantitative estimate of drug-likeness (QED) is 0.818. The van der Waals surface area contributed by atoms with Crippen molar-refractivity contribution < 1.29 is 0 Å². The van der Waals surface area contributed by atoms with Gasteiger partial charge >= 0.3 is 0 Å². The van der Waals surface area contributed by atoms with Gasteiger partial charge in [-0.05, 0) is 55.4 Å². The van der Waals surface area contributed by atoms with Gasteiger partial charge in [0, 0.05) is 6.04 Å². The average Bonchev–Trinajstić information content (AvgIpc) is 2.17. The molecule has 1 aromatic rings. The van der Waals surface area contributed by atoms with E-state index in [1.54, 1.807) is 0 Å². The lowest BCUT2D eigenvalue weighted by atomic mass is 9.79. The SMILES string of the molecule is Cc1cc(C)c(C(N)CC2CCC2)cc1C. The molecular weight excluding hydrogens is 194 g/mol. The van der Waals surface area contributed by atoms with E-state index in [2.05, 4.69) is 32.9 Å². The van der Waals surface area contributed by atoms with Crippen LogP contribution in [0.25, 0.3) is 0 Å². The van der Waals surface area contributed by atoms with E-state index in [9.17, 15) is 0 Å². The van der Waals surface area contributed by atoms with Crippen molar-refractivity contribution in [3.05, 3.63) is 34.4 Å². The molecule has 1 atom stereocenters. The molecule has 1 aliphatic rings. The predicted molar refractivity (Wildman–Crippen MR) is 69.5 cm³/mol. The lowest BCUT2D eigenvalue weighted by Gasteiger charge is -2.29. The molecule has 0 spiro atoms. The maximum Gasteiger partial charge on any atom is 0.0300 e. The van der Waals surface area contributed by atoms with Crippen LogP contribution in [0.2, 0.25) is 0 Å². The van der Waals surface area contributed by atoms with E-state index in [1.807, 2.05) is 0 Å². The molecule has 0 radical (unpaired) electrons. The van der Waals surface area contributed by atoms with E-state index in [0.717, 1.165) is 5.92 Å². The molecule has 1 fully saturated rings. The average molecular weight is 217 g/mol. The number of rotatable bonds is 3. The number of benzene rings is 1. The van der Waals surface area contributed by atoms with Gasteiger partial charge in [0.25, 0.3) is 0 Å². The Kier molecular flexibility index (Phi) is 3.34. The summed E-state index contributed by atoms with van der Waals surface area (Å²) in [5.74, 6) is 0.885. The highest BCUT2D eigenvalue weighted by Gasteiger charge is 2.21. The van der Waals surface area contributed by atoms with Crippen molar-refractivity contribution in [3.8, 4) is 0 Å². The van der Waals surface area contributed by atoms with E-state index in [4.69, 9.17) is 5.73 Å². The standard InChI is InChI=1S/C15H23N/c1-10-7-12(3)14(8-11(10)2)15(16)9-13-5-4-6-13/h7-8,13,15H,4-6,9,16H2,1-3H3. The topological polar surface area (TPSA) is 26.0 Å². The zero-order valence-electron chi connectivity index (χ0n) is 10.7. The van der Waals surface area contributed by atoms with E-state index in [-0.39, 0.29) is 6.04 Å². The summed E-state index contributed by atoms with van der Waals surface area (Å²) in [6.45, 7) is 6.53. The third-order valence-electron chi connectivity index (χ3n) is 4.09. The van der Waals surface area contributed by atoms with Crippen LogP contribution in [-0.4, -0.2) is 0 Å². The number of nitrogens with two attached hydrogens (primary N) is 1. The first-order valence-electron chi connectivity index (χ1n) is 6.41. The molecule has 1 aromatic carbocycles. The predicted octanol–water partition coefficient (Wildman–Crippen LogP) is 3.80. The van der Waals surface area contributed by atoms with E-state index < -0.39 is 0 Å². The number of aryl methyl sites for hydroxylation is 3. The third kappa shape index (κ3) is 2.30. The summed E-state index contributed by atoms with van der Waals surface area (Å²) < 4.78 is 0. The number of hydrogen-bond donors (Lipinski definition) is 1. The number of hydrogen-bond acceptors (Lipinski definition) is 1. The van der Waals surface area contributed by atoms with Gasteiger partial charge in [-0.1, -0.05) is 31.4 Å². The molecule has 0 aliphatic heterocycles. The molecule has 0 saturated heterocycles. The second-order valence-corrected chi connectivity index (χ2v) is 5.43. The molecule has 0 heterocycles. The second-order valence-electron chi connectivity index (χ2n) is 5.43. The van der Waals surface area contributed by atoms with Crippen LogP contribution in [0.3, 0.4) is 0 Å². The molecule has 2 rings (SSSR count). The summed E-state index contributed by atoms with van der Waals surface area (Å²) in [4.78, 5) is 0. The molecular formula is C15H23N. The Morgan fingerprint density at radius 3 is 2.31 bits per heavy atom. The van der Waals surface area contributed by atoms with Gasteiger partial charge in [0.05, 0.1) is 0 Å². The van der Waals surface area contributed by atoms with Crippen molar-refractivity contribution >= 4 is 0 Å². The molecule has 16 heavy (non-hydrogen) atoms. The van der Waals surface area contributed by atoms with Crippen LogP contribution >= 0.6 is 0 Å². The monoisotopic (exact) mass is 217 g/mol. The molecule has 1 heteroatoms. The van der Waals surface area contributed by atoms with E-state index in [1.165, 1.54) is 47.9 Å². The Labute approximate surface area is 99.0 Å². The summed E-state index contributed by atoms with van der Waals surface area (Å²) in [6, 6.07) is 4.80. The summed E-state index contributed by atoms with van der Waals surface area (Å²) in [5.41, 5.74) is 11.8.